The fourth-order valence-corrected chi connectivity index (χ4v) is 10.2. The topological polar surface area (TPSA) is 123 Å². The normalized spacial score (nSPS) is 22.7. The van der Waals surface area contributed by atoms with Crippen LogP contribution in [0.1, 0.15) is 89.3 Å². The summed E-state index contributed by atoms with van der Waals surface area (Å²) in [5.41, 5.74) is 6.11. The lowest BCUT2D eigenvalue weighted by molar-refractivity contribution is -0.136. The van der Waals surface area contributed by atoms with Crippen molar-refractivity contribution in [2.24, 2.45) is 5.92 Å². The zero-order chi connectivity index (χ0) is 42.2. The summed E-state index contributed by atoms with van der Waals surface area (Å²) >= 11 is 0. The first-order chi connectivity index (χ1) is 29.6. The highest BCUT2D eigenvalue weighted by atomic mass is 19.1. The summed E-state index contributed by atoms with van der Waals surface area (Å²) in [5, 5.41) is 12.2. The molecule has 5 fully saturated rings. The Morgan fingerprint density at radius 2 is 1.46 bits per heavy atom. The molecule has 0 radical (unpaired) electrons. The number of carbonyl (C=O) groups is 4. The zero-order valence-electron chi connectivity index (χ0n) is 34.5. The van der Waals surface area contributed by atoms with E-state index in [1.165, 1.54) is 17.2 Å². The number of likely N-dealkylation sites (tertiary alicyclic amines) is 1. The number of nitrogens with one attached hydrogen (secondary N) is 1. The number of amides is 4. The molecule has 6 heterocycles. The molecule has 6 aliphatic heterocycles. The first kappa shape index (κ1) is 40.6. The quantitative estimate of drug-likeness (QED) is 0.118. The van der Waals surface area contributed by atoms with E-state index in [0.717, 1.165) is 98.2 Å². The minimum absolute atomic E-state index is 0.0294. The van der Waals surface area contributed by atoms with Crippen LogP contribution in [0.4, 0.5) is 10.1 Å². The van der Waals surface area contributed by atoms with Gasteiger partial charge in [0, 0.05) is 44.7 Å². The number of ether oxygens (including phenoxy) is 1. The highest BCUT2D eigenvalue weighted by Crippen LogP contribution is 2.39. The molecule has 0 aliphatic carbocycles. The van der Waals surface area contributed by atoms with Gasteiger partial charge in [-0.25, -0.2) is 4.39 Å². The third-order valence-corrected chi connectivity index (χ3v) is 13.4. The molecule has 5 saturated heterocycles. The average Bonchev–Trinajstić information content (AvgIpc) is 3.51. The molecule has 316 valence electrons. The van der Waals surface area contributed by atoms with Crippen LogP contribution in [0.25, 0.3) is 11.1 Å². The van der Waals surface area contributed by atoms with Crippen molar-refractivity contribution in [3.8, 4) is 11.5 Å². The number of anilines is 1. The van der Waals surface area contributed by atoms with Crippen LogP contribution in [0, 0.1) is 11.7 Å². The maximum Gasteiger partial charge on any atom is 0.262 e. The van der Waals surface area contributed by atoms with Crippen LogP contribution in [-0.2, 0) is 9.59 Å². The number of carbonyl (C=O) groups excluding carboxylic acids is 4. The monoisotopic (exact) mass is 825 g/mol. The van der Waals surface area contributed by atoms with E-state index in [1.54, 1.807) is 12.1 Å². The predicted octanol–water partition coefficient (Wildman–Crippen LogP) is 6.75. The molecular formula is C49H52FN5O6. The van der Waals surface area contributed by atoms with Crippen LogP contribution in [0.5, 0.6) is 11.5 Å². The largest absolute Gasteiger partial charge is 0.508 e. The Kier molecular flexibility index (Phi) is 11.5. The minimum Gasteiger partial charge on any atom is -0.508 e. The highest BCUT2D eigenvalue weighted by Gasteiger charge is 2.47. The van der Waals surface area contributed by atoms with Gasteiger partial charge in [0.25, 0.3) is 11.8 Å². The molecule has 0 aromatic heterocycles. The lowest BCUT2D eigenvalue weighted by Gasteiger charge is -2.53. The van der Waals surface area contributed by atoms with Gasteiger partial charge in [-0.1, -0.05) is 61.5 Å². The van der Waals surface area contributed by atoms with E-state index in [2.05, 4.69) is 63.3 Å². The Hall–Kier alpha value is -5.85. The Morgan fingerprint density at radius 3 is 2.11 bits per heavy atom. The molecule has 3 unspecified atom stereocenters. The SMILES string of the molecule is CCC(=C(c1ccc(O)cc1)c1ccc(OCCN2CCC(CN3CC4CCC3CN4c3cc4c(cc3F)C(=O)N(C3CCC(=O)NC3=O)C4=O)CC2)cc1)c1ccccc1. The third-order valence-electron chi connectivity index (χ3n) is 13.4. The molecule has 0 saturated carbocycles. The summed E-state index contributed by atoms with van der Waals surface area (Å²) in [7, 11) is 0. The van der Waals surface area contributed by atoms with Gasteiger partial charge in [-0.05, 0) is 122 Å². The summed E-state index contributed by atoms with van der Waals surface area (Å²) in [4.78, 5) is 58.9. The van der Waals surface area contributed by atoms with Crippen molar-refractivity contribution in [3.63, 3.8) is 0 Å². The van der Waals surface area contributed by atoms with Crippen molar-refractivity contribution in [1.29, 1.82) is 0 Å². The maximum absolute atomic E-state index is 15.8. The third kappa shape index (κ3) is 8.18. The number of piperazine rings is 1. The van der Waals surface area contributed by atoms with Gasteiger partial charge in [-0.15, -0.1) is 0 Å². The number of allylic oxidation sites excluding steroid dienone is 1. The van der Waals surface area contributed by atoms with Crippen LogP contribution in [0.15, 0.2) is 91.0 Å². The van der Waals surface area contributed by atoms with Crippen LogP contribution in [-0.4, -0.2) is 107 Å². The lowest BCUT2D eigenvalue weighted by atomic mass is 9.87. The second-order valence-corrected chi connectivity index (χ2v) is 17.1. The Bertz CT molecular complexity index is 2340. The number of hydrogen-bond donors (Lipinski definition) is 2. The Labute approximate surface area is 355 Å². The molecule has 61 heavy (non-hydrogen) atoms. The van der Waals surface area contributed by atoms with Gasteiger partial charge < -0.3 is 14.7 Å². The second kappa shape index (κ2) is 17.3. The number of rotatable bonds is 12. The van der Waals surface area contributed by atoms with Crippen LogP contribution < -0.4 is 15.0 Å². The number of hydrogen-bond acceptors (Lipinski definition) is 9. The number of piperidine rings is 4. The van der Waals surface area contributed by atoms with Crippen molar-refractivity contribution in [2.75, 3.05) is 50.8 Å². The molecule has 4 amide bonds. The van der Waals surface area contributed by atoms with Crippen LogP contribution in [0.3, 0.4) is 0 Å². The first-order valence-electron chi connectivity index (χ1n) is 21.7. The maximum atomic E-state index is 15.8. The summed E-state index contributed by atoms with van der Waals surface area (Å²) < 4.78 is 22.0. The Morgan fingerprint density at radius 1 is 0.787 bits per heavy atom. The molecule has 11 nitrogen and oxygen atoms in total. The average molecular weight is 826 g/mol. The van der Waals surface area contributed by atoms with E-state index in [-0.39, 0.29) is 41.8 Å². The highest BCUT2D eigenvalue weighted by molar-refractivity contribution is 6.23. The fraction of sp³-hybridized carbons (Fsp3) is 0.388. The smallest absolute Gasteiger partial charge is 0.262 e. The molecule has 4 aromatic carbocycles. The summed E-state index contributed by atoms with van der Waals surface area (Å²) in [6, 6.07) is 28.1. The van der Waals surface area contributed by atoms with Crippen LogP contribution in [0.2, 0.25) is 0 Å². The Balaban J connectivity index is 0.766. The number of halogens is 1. The van der Waals surface area contributed by atoms with Crippen molar-refractivity contribution in [3.05, 3.63) is 125 Å². The van der Waals surface area contributed by atoms with Gasteiger partial charge in [-0.3, -0.25) is 39.2 Å². The molecule has 2 N–H and O–H groups in total. The van der Waals surface area contributed by atoms with Gasteiger partial charge >= 0.3 is 0 Å². The number of phenols is 1. The molecular weight excluding hydrogens is 774 g/mol. The van der Waals surface area contributed by atoms with E-state index in [9.17, 15) is 24.3 Å². The van der Waals surface area contributed by atoms with Gasteiger partial charge in [0.1, 0.15) is 30.0 Å². The van der Waals surface area contributed by atoms with E-state index in [4.69, 9.17) is 4.74 Å². The van der Waals surface area contributed by atoms with Gasteiger partial charge in [0.15, 0.2) is 0 Å². The van der Waals surface area contributed by atoms with Gasteiger partial charge in [0.2, 0.25) is 11.8 Å². The number of phenolic OH excluding ortho intramolecular Hbond substituents is 1. The number of nitrogens with zero attached hydrogens (tertiary/aromatic N) is 4. The molecule has 12 heteroatoms. The summed E-state index contributed by atoms with van der Waals surface area (Å²) in [6.45, 7) is 8.16. The molecule has 0 spiro atoms. The van der Waals surface area contributed by atoms with E-state index in [1.807, 2.05) is 30.3 Å². The summed E-state index contributed by atoms with van der Waals surface area (Å²) in [6.07, 6.45) is 5.13. The molecule has 4 aromatic rings. The van der Waals surface area contributed by atoms with Gasteiger partial charge in [0.05, 0.1) is 16.8 Å². The zero-order valence-corrected chi connectivity index (χ0v) is 34.5. The van der Waals surface area contributed by atoms with Crippen molar-refractivity contribution < 1.29 is 33.4 Å². The second-order valence-electron chi connectivity index (χ2n) is 17.1. The van der Waals surface area contributed by atoms with E-state index >= 15 is 4.39 Å². The predicted molar refractivity (Wildman–Crippen MR) is 231 cm³/mol. The lowest BCUT2D eigenvalue weighted by Crippen LogP contribution is -2.63. The fourth-order valence-electron chi connectivity index (χ4n) is 10.2. The van der Waals surface area contributed by atoms with E-state index < -0.39 is 35.5 Å². The number of aromatic hydroxyl groups is 1. The van der Waals surface area contributed by atoms with Crippen molar-refractivity contribution in [2.45, 2.75) is 70.0 Å². The summed E-state index contributed by atoms with van der Waals surface area (Å²) in [5.74, 6) is -1.32. The van der Waals surface area contributed by atoms with Crippen molar-refractivity contribution in [1.82, 2.24) is 20.0 Å². The molecule has 10 rings (SSSR count). The first-order valence-corrected chi connectivity index (χ1v) is 21.7. The molecule has 2 bridgehead atoms. The van der Waals surface area contributed by atoms with Crippen molar-refractivity contribution >= 4 is 40.5 Å². The number of fused-ring (bicyclic) bond motifs is 4. The standard InChI is InChI=1S/C49H52FN5O6/c1-2-39(32-6-4-3-5-7-32)46(33-8-14-37(56)15-9-33)34-10-16-38(17-11-34)61-25-24-52-22-20-31(21-23-52)28-53-29-36-13-12-35(53)30-54(36)44-27-41-40(26-42(44)50)48(59)55(49(41)60)43-18-19-45(57)51-47(43)58/h3-11,14-17,26-27,31,35-36,43,56H,2,12-13,18-25,28-30H2,1H3,(H,51,57,58). The molecule has 6 aliphatic rings. The van der Waals surface area contributed by atoms with E-state index in [0.29, 0.717) is 24.8 Å². The molecule has 3 atom stereocenters. The minimum atomic E-state index is -1.09. The van der Waals surface area contributed by atoms with Crippen LogP contribution >= 0.6 is 0 Å². The number of imide groups is 2. The number of benzene rings is 4. The van der Waals surface area contributed by atoms with Gasteiger partial charge in [-0.2, -0.15) is 0 Å².